The van der Waals surface area contributed by atoms with Gasteiger partial charge in [-0.1, -0.05) is 0 Å². The lowest BCUT2D eigenvalue weighted by Gasteiger charge is -2.35. The van der Waals surface area contributed by atoms with Gasteiger partial charge in [0.05, 0.1) is 31.0 Å². The maximum absolute atomic E-state index is 12.3. The Hall–Kier alpha value is -3.24. The van der Waals surface area contributed by atoms with Gasteiger partial charge in [0.1, 0.15) is 0 Å². The molecule has 1 amide bonds. The Morgan fingerprint density at radius 2 is 1.74 bits per heavy atom. The van der Waals surface area contributed by atoms with Gasteiger partial charge in [-0.15, -0.1) is 0 Å². The van der Waals surface area contributed by atoms with E-state index in [2.05, 4.69) is 32.0 Å². The molecular weight excluding hydrogens is 560 g/mol. The minimum Gasteiger partial charge on any atom is -0.475 e. The lowest BCUT2D eigenvalue weighted by atomic mass is 9.83. The molecule has 0 unspecified atom stereocenters. The van der Waals surface area contributed by atoms with Crippen molar-refractivity contribution in [2.24, 2.45) is 11.8 Å². The second-order valence-electron chi connectivity index (χ2n) is 8.55. The van der Waals surface area contributed by atoms with Crippen LogP contribution in [0.4, 0.5) is 32.0 Å². The number of ether oxygens (including phenoxy) is 1. The number of anilines is 1. The lowest BCUT2D eigenvalue weighted by Crippen LogP contribution is -2.41. The number of piperidine rings is 1. The first-order valence-electron chi connectivity index (χ1n) is 11.3. The molecule has 3 N–H and O–H groups in total. The molecule has 16 heteroatoms. The Kier molecular flexibility index (Phi) is 11.7. The van der Waals surface area contributed by atoms with Gasteiger partial charge in [0.25, 0.3) is 0 Å². The van der Waals surface area contributed by atoms with E-state index in [9.17, 15) is 31.1 Å². The van der Waals surface area contributed by atoms with Crippen LogP contribution in [0.2, 0.25) is 0 Å². The maximum Gasteiger partial charge on any atom is 0.490 e. The van der Waals surface area contributed by atoms with E-state index < -0.39 is 24.3 Å². The molecule has 0 bridgehead atoms. The second kappa shape index (κ2) is 14.2. The molecule has 2 aromatic heterocycles. The molecule has 0 saturated carbocycles. The molecule has 0 spiro atoms. The molecule has 2 fully saturated rings. The summed E-state index contributed by atoms with van der Waals surface area (Å²) in [5, 5.41) is 21.5. The van der Waals surface area contributed by atoms with E-state index in [1.807, 2.05) is 12.1 Å². The Bertz CT molecular complexity index is 1040. The molecule has 2 aliphatic heterocycles. The lowest BCUT2D eigenvalue weighted by molar-refractivity contribution is -0.193. The van der Waals surface area contributed by atoms with Crippen LogP contribution in [0.5, 0.6) is 0 Å². The number of halogens is 6. The van der Waals surface area contributed by atoms with Gasteiger partial charge in [-0.05, 0) is 53.4 Å². The van der Waals surface area contributed by atoms with E-state index in [-0.39, 0.29) is 12.0 Å². The van der Waals surface area contributed by atoms with Crippen molar-refractivity contribution in [3.63, 3.8) is 0 Å². The van der Waals surface area contributed by atoms with E-state index in [1.54, 1.807) is 23.7 Å². The monoisotopic (exact) mass is 585 g/mol. The molecule has 2 aromatic rings. The van der Waals surface area contributed by atoms with Crippen LogP contribution in [0.1, 0.15) is 18.4 Å². The summed E-state index contributed by atoms with van der Waals surface area (Å²) in [7, 11) is 0. The summed E-state index contributed by atoms with van der Waals surface area (Å²) in [5.74, 6) is -4.46. The standard InChI is InChI=1S/C19H23N3O2S.2C2HF3O2/c23-19(21-16-2-1-5-20-9-16)8-18-17-3-6-22(11-15(17)12-24-18)10-14-4-7-25-13-14;2*3-2(4,5)1(6)7/h1-2,4-5,7,9,13,15,17-18H,3,6,8,10-12H2,(H,21,23);2*(H,6,7)/t15-,17-,18+;;/m1../s1. The first-order valence-corrected chi connectivity index (χ1v) is 12.3. The van der Waals surface area contributed by atoms with Crippen molar-refractivity contribution in [2.45, 2.75) is 37.8 Å². The van der Waals surface area contributed by atoms with Crippen molar-refractivity contribution in [1.29, 1.82) is 0 Å². The molecule has 0 aromatic carbocycles. The SMILES string of the molecule is O=C(C[C@@H]1OC[C@H]2CN(Cc3ccsc3)CC[C@H]21)Nc1cccnc1.O=C(O)C(F)(F)F.O=C(O)C(F)(F)F. The number of aliphatic carboxylic acids is 2. The molecule has 4 heterocycles. The number of rotatable bonds is 5. The maximum atomic E-state index is 12.3. The van der Waals surface area contributed by atoms with Gasteiger partial charge in [0, 0.05) is 25.2 Å². The quantitative estimate of drug-likeness (QED) is 0.444. The van der Waals surface area contributed by atoms with Crippen molar-refractivity contribution in [3.8, 4) is 0 Å². The number of hydrogen-bond donors (Lipinski definition) is 3. The van der Waals surface area contributed by atoms with Gasteiger partial charge in [0.2, 0.25) is 5.91 Å². The van der Waals surface area contributed by atoms with Crippen molar-refractivity contribution in [1.82, 2.24) is 9.88 Å². The smallest absolute Gasteiger partial charge is 0.475 e. The number of carbonyl (C=O) groups excluding carboxylic acids is 1. The molecule has 216 valence electrons. The Morgan fingerprint density at radius 1 is 1.10 bits per heavy atom. The summed E-state index contributed by atoms with van der Waals surface area (Å²) in [6.07, 6.45) is -5.21. The number of carboxylic acid groups (broad SMARTS) is 2. The van der Waals surface area contributed by atoms with Crippen molar-refractivity contribution >= 4 is 34.9 Å². The third kappa shape index (κ3) is 11.2. The highest BCUT2D eigenvalue weighted by Crippen LogP contribution is 2.36. The number of fused-ring (bicyclic) bond motifs is 1. The van der Waals surface area contributed by atoms with E-state index in [1.165, 1.54) is 5.56 Å². The average Bonchev–Trinajstić information content (AvgIpc) is 3.49. The first-order chi connectivity index (χ1) is 18.2. The zero-order valence-corrected chi connectivity index (χ0v) is 20.9. The molecule has 0 radical (unpaired) electrons. The number of pyridine rings is 1. The number of hydrogen-bond acceptors (Lipinski definition) is 7. The summed E-state index contributed by atoms with van der Waals surface area (Å²) in [5.41, 5.74) is 2.14. The molecule has 2 aliphatic rings. The largest absolute Gasteiger partial charge is 0.490 e. The third-order valence-corrected chi connectivity index (χ3v) is 6.41. The van der Waals surface area contributed by atoms with Crippen LogP contribution >= 0.6 is 11.3 Å². The van der Waals surface area contributed by atoms with Gasteiger partial charge in [0.15, 0.2) is 0 Å². The van der Waals surface area contributed by atoms with Crippen LogP contribution in [-0.2, 0) is 25.7 Å². The van der Waals surface area contributed by atoms with Gasteiger partial charge in [-0.25, -0.2) is 9.59 Å². The average molecular weight is 586 g/mol. The van der Waals surface area contributed by atoms with E-state index in [0.29, 0.717) is 18.3 Å². The zero-order valence-electron chi connectivity index (χ0n) is 20.1. The summed E-state index contributed by atoms with van der Waals surface area (Å²) in [6, 6.07) is 5.88. The summed E-state index contributed by atoms with van der Waals surface area (Å²) in [6.45, 7) is 3.96. The van der Waals surface area contributed by atoms with Gasteiger partial charge >= 0.3 is 24.3 Å². The van der Waals surface area contributed by atoms with Gasteiger partial charge in [-0.3, -0.25) is 14.7 Å². The number of nitrogens with zero attached hydrogens (tertiary/aromatic N) is 2. The number of nitrogens with one attached hydrogen (secondary N) is 1. The van der Waals surface area contributed by atoms with Crippen LogP contribution in [0.3, 0.4) is 0 Å². The number of alkyl halides is 6. The normalized spacial score (nSPS) is 20.9. The molecule has 39 heavy (non-hydrogen) atoms. The molecule has 9 nitrogen and oxygen atoms in total. The summed E-state index contributed by atoms with van der Waals surface area (Å²) >= 11 is 1.76. The fourth-order valence-electron chi connectivity index (χ4n) is 3.99. The first kappa shape index (κ1) is 32.0. The molecular formula is C23H25F6N3O6S. The van der Waals surface area contributed by atoms with Crippen LogP contribution < -0.4 is 5.32 Å². The highest BCUT2D eigenvalue weighted by Gasteiger charge is 2.41. The minimum atomic E-state index is -5.08. The van der Waals surface area contributed by atoms with Crippen LogP contribution in [0, 0.1) is 11.8 Å². The molecule has 4 rings (SSSR count). The molecule has 2 saturated heterocycles. The Balaban J connectivity index is 0.000000317. The van der Waals surface area contributed by atoms with E-state index in [4.69, 9.17) is 24.5 Å². The highest BCUT2D eigenvalue weighted by atomic mass is 32.1. The predicted octanol–water partition coefficient (Wildman–Crippen LogP) is 4.28. The number of carbonyl (C=O) groups is 3. The predicted molar refractivity (Wildman–Crippen MR) is 126 cm³/mol. The topological polar surface area (TPSA) is 129 Å². The number of aromatic nitrogens is 1. The summed E-state index contributed by atoms with van der Waals surface area (Å²) in [4.78, 5) is 36.6. The van der Waals surface area contributed by atoms with Crippen LogP contribution in [-0.4, -0.2) is 76.1 Å². The minimum absolute atomic E-state index is 0.0133. The molecule has 0 aliphatic carbocycles. The second-order valence-corrected chi connectivity index (χ2v) is 9.33. The van der Waals surface area contributed by atoms with Crippen molar-refractivity contribution in [3.05, 3.63) is 46.9 Å². The number of likely N-dealkylation sites (tertiary alicyclic amines) is 1. The fraction of sp³-hybridized carbons (Fsp3) is 0.478. The van der Waals surface area contributed by atoms with Gasteiger partial charge in [-0.2, -0.15) is 37.7 Å². The number of thiophene rings is 1. The molecule has 3 atom stereocenters. The number of amides is 1. The van der Waals surface area contributed by atoms with E-state index >= 15 is 0 Å². The number of carboxylic acids is 2. The Labute approximate surface area is 222 Å². The van der Waals surface area contributed by atoms with Crippen molar-refractivity contribution < 1.29 is 55.7 Å². The van der Waals surface area contributed by atoms with Crippen LogP contribution in [0.25, 0.3) is 0 Å². The van der Waals surface area contributed by atoms with Crippen molar-refractivity contribution in [2.75, 3.05) is 25.0 Å². The fourth-order valence-corrected chi connectivity index (χ4v) is 4.65. The van der Waals surface area contributed by atoms with E-state index in [0.717, 1.165) is 38.3 Å². The zero-order chi connectivity index (χ0) is 29.2. The third-order valence-electron chi connectivity index (χ3n) is 5.68. The van der Waals surface area contributed by atoms with Crippen LogP contribution in [0.15, 0.2) is 41.4 Å². The Morgan fingerprint density at radius 3 is 2.26 bits per heavy atom. The van der Waals surface area contributed by atoms with Gasteiger partial charge < -0.3 is 20.3 Å². The summed E-state index contributed by atoms with van der Waals surface area (Å²) < 4.78 is 69.5. The highest BCUT2D eigenvalue weighted by molar-refractivity contribution is 7.07.